The van der Waals surface area contributed by atoms with E-state index in [1.54, 1.807) is 6.07 Å². The Balaban J connectivity index is 2.26. The van der Waals surface area contributed by atoms with Gasteiger partial charge in [-0.2, -0.15) is 0 Å². The Labute approximate surface area is 103 Å². The molecule has 0 saturated heterocycles. The van der Waals surface area contributed by atoms with Gasteiger partial charge in [0.15, 0.2) is 0 Å². The molecule has 0 aliphatic rings. The molecule has 0 radical (unpaired) electrons. The summed E-state index contributed by atoms with van der Waals surface area (Å²) in [6, 6.07) is 5.12. The summed E-state index contributed by atoms with van der Waals surface area (Å²) in [7, 11) is 0. The van der Waals surface area contributed by atoms with Crippen molar-refractivity contribution in [2.24, 2.45) is 0 Å². The van der Waals surface area contributed by atoms with Crippen LogP contribution in [0.15, 0.2) is 18.2 Å². The average Bonchev–Trinajstić information content (AvgIpc) is 2.27. The lowest BCUT2D eigenvalue weighted by atomic mass is 10.2. The fraction of sp³-hybridized carbons (Fsp3) is 0.571. The summed E-state index contributed by atoms with van der Waals surface area (Å²) in [4.78, 5) is 0. The maximum absolute atomic E-state index is 12.9. The van der Waals surface area contributed by atoms with Crippen molar-refractivity contribution in [1.82, 2.24) is 5.32 Å². The first-order valence-corrected chi connectivity index (χ1v) is 6.25. The van der Waals surface area contributed by atoms with Gasteiger partial charge in [-0.1, -0.05) is 13.3 Å². The number of halogens is 1. The lowest BCUT2D eigenvalue weighted by molar-refractivity contribution is 0.302. The number of rotatable bonds is 7. The third-order valence-electron chi connectivity index (χ3n) is 2.71. The fourth-order valence-electron chi connectivity index (χ4n) is 1.78. The highest BCUT2D eigenvalue weighted by atomic mass is 19.1. The topological polar surface area (TPSA) is 21.3 Å². The van der Waals surface area contributed by atoms with E-state index >= 15 is 0 Å². The molecule has 0 aromatic heterocycles. The van der Waals surface area contributed by atoms with Crippen molar-refractivity contribution in [3.8, 4) is 5.75 Å². The van der Waals surface area contributed by atoms with Gasteiger partial charge in [-0.05, 0) is 44.0 Å². The molecule has 96 valence electrons. The van der Waals surface area contributed by atoms with E-state index in [9.17, 15) is 4.39 Å². The predicted molar refractivity (Wildman–Crippen MR) is 69.0 cm³/mol. The molecule has 1 unspecified atom stereocenters. The van der Waals surface area contributed by atoms with Gasteiger partial charge in [-0.25, -0.2) is 4.39 Å². The van der Waals surface area contributed by atoms with Crippen LogP contribution in [0, 0.1) is 12.7 Å². The van der Waals surface area contributed by atoms with Gasteiger partial charge in [0.25, 0.3) is 0 Å². The van der Waals surface area contributed by atoms with Crippen molar-refractivity contribution in [2.45, 2.75) is 39.7 Å². The molecule has 0 aliphatic carbocycles. The van der Waals surface area contributed by atoms with Gasteiger partial charge in [0.2, 0.25) is 0 Å². The van der Waals surface area contributed by atoms with Crippen LogP contribution in [-0.4, -0.2) is 19.2 Å². The zero-order valence-corrected chi connectivity index (χ0v) is 10.9. The molecule has 0 bridgehead atoms. The zero-order valence-electron chi connectivity index (χ0n) is 10.9. The summed E-state index contributed by atoms with van der Waals surface area (Å²) in [5, 5.41) is 3.39. The first-order chi connectivity index (χ1) is 8.13. The summed E-state index contributed by atoms with van der Waals surface area (Å²) in [6.45, 7) is 7.63. The van der Waals surface area contributed by atoms with Crippen LogP contribution in [-0.2, 0) is 0 Å². The molecule has 1 atom stereocenters. The molecule has 1 aromatic carbocycles. The van der Waals surface area contributed by atoms with Gasteiger partial charge in [-0.15, -0.1) is 0 Å². The Morgan fingerprint density at radius 2 is 2.18 bits per heavy atom. The smallest absolute Gasteiger partial charge is 0.123 e. The Kier molecular flexibility index (Phi) is 5.98. The fourth-order valence-corrected chi connectivity index (χ4v) is 1.78. The summed E-state index contributed by atoms with van der Waals surface area (Å²) >= 11 is 0. The van der Waals surface area contributed by atoms with Crippen molar-refractivity contribution in [3.05, 3.63) is 29.6 Å². The van der Waals surface area contributed by atoms with E-state index in [1.807, 2.05) is 6.92 Å². The number of benzene rings is 1. The van der Waals surface area contributed by atoms with Crippen LogP contribution in [0.3, 0.4) is 0 Å². The van der Waals surface area contributed by atoms with E-state index in [0.717, 1.165) is 17.9 Å². The average molecular weight is 239 g/mol. The summed E-state index contributed by atoms with van der Waals surface area (Å²) in [6.07, 6.45) is 2.36. The monoisotopic (exact) mass is 239 g/mol. The summed E-state index contributed by atoms with van der Waals surface area (Å²) < 4.78 is 18.4. The third kappa shape index (κ3) is 5.18. The second-order valence-corrected chi connectivity index (χ2v) is 4.40. The van der Waals surface area contributed by atoms with E-state index in [1.165, 1.54) is 25.0 Å². The maximum Gasteiger partial charge on any atom is 0.123 e. The van der Waals surface area contributed by atoms with Crippen molar-refractivity contribution >= 4 is 0 Å². The Bertz CT molecular complexity index is 341. The second-order valence-electron chi connectivity index (χ2n) is 4.40. The van der Waals surface area contributed by atoms with Crippen LogP contribution in [0.2, 0.25) is 0 Å². The van der Waals surface area contributed by atoms with Crippen molar-refractivity contribution in [1.29, 1.82) is 0 Å². The van der Waals surface area contributed by atoms with E-state index in [-0.39, 0.29) is 5.82 Å². The molecular weight excluding hydrogens is 217 g/mol. The number of aryl methyl sites for hydroxylation is 1. The minimum absolute atomic E-state index is 0.218. The van der Waals surface area contributed by atoms with Gasteiger partial charge in [0.1, 0.15) is 18.2 Å². The molecule has 1 rings (SSSR count). The van der Waals surface area contributed by atoms with Crippen LogP contribution in [0.1, 0.15) is 32.3 Å². The van der Waals surface area contributed by atoms with E-state index < -0.39 is 0 Å². The molecule has 17 heavy (non-hydrogen) atoms. The Morgan fingerprint density at radius 3 is 2.82 bits per heavy atom. The van der Waals surface area contributed by atoms with Gasteiger partial charge >= 0.3 is 0 Å². The number of ether oxygens (including phenoxy) is 1. The number of hydrogen-bond donors (Lipinski definition) is 1. The Morgan fingerprint density at radius 1 is 1.41 bits per heavy atom. The standard InChI is InChI=1S/C14H22FNO/c1-4-5-12(3)16-8-9-17-14-7-6-13(15)10-11(14)2/h6-7,10,12,16H,4-5,8-9H2,1-3H3. The molecule has 3 heteroatoms. The quantitative estimate of drug-likeness (QED) is 0.737. The molecule has 0 spiro atoms. The van der Waals surface area contributed by atoms with Crippen LogP contribution in [0.4, 0.5) is 4.39 Å². The first kappa shape index (κ1) is 14.0. The van der Waals surface area contributed by atoms with Crippen molar-refractivity contribution in [2.75, 3.05) is 13.2 Å². The van der Waals surface area contributed by atoms with Crippen LogP contribution in [0.5, 0.6) is 5.75 Å². The highest BCUT2D eigenvalue weighted by Crippen LogP contribution is 2.17. The molecule has 0 saturated carbocycles. The van der Waals surface area contributed by atoms with Crippen molar-refractivity contribution in [3.63, 3.8) is 0 Å². The minimum Gasteiger partial charge on any atom is -0.492 e. The highest BCUT2D eigenvalue weighted by Gasteiger charge is 2.02. The summed E-state index contributed by atoms with van der Waals surface area (Å²) in [5.74, 6) is 0.542. The molecule has 1 N–H and O–H groups in total. The van der Waals surface area contributed by atoms with Crippen LogP contribution < -0.4 is 10.1 Å². The molecule has 2 nitrogen and oxygen atoms in total. The van der Waals surface area contributed by atoms with Crippen LogP contribution in [0.25, 0.3) is 0 Å². The highest BCUT2D eigenvalue weighted by molar-refractivity contribution is 5.32. The van der Waals surface area contributed by atoms with E-state index in [4.69, 9.17) is 4.74 Å². The number of hydrogen-bond acceptors (Lipinski definition) is 2. The van der Waals surface area contributed by atoms with Gasteiger partial charge in [0, 0.05) is 12.6 Å². The maximum atomic E-state index is 12.9. The lowest BCUT2D eigenvalue weighted by Gasteiger charge is -2.14. The second kappa shape index (κ2) is 7.28. The molecule has 0 amide bonds. The van der Waals surface area contributed by atoms with Gasteiger partial charge in [0.05, 0.1) is 0 Å². The van der Waals surface area contributed by atoms with Crippen molar-refractivity contribution < 1.29 is 9.13 Å². The lowest BCUT2D eigenvalue weighted by Crippen LogP contribution is -2.30. The molecule has 0 fully saturated rings. The Hall–Kier alpha value is -1.09. The minimum atomic E-state index is -0.218. The first-order valence-electron chi connectivity index (χ1n) is 6.25. The normalized spacial score (nSPS) is 12.5. The molecule has 0 heterocycles. The van der Waals surface area contributed by atoms with E-state index in [0.29, 0.717) is 12.6 Å². The SMILES string of the molecule is CCCC(C)NCCOc1ccc(F)cc1C. The van der Waals surface area contributed by atoms with Gasteiger partial charge in [-0.3, -0.25) is 0 Å². The largest absolute Gasteiger partial charge is 0.492 e. The predicted octanol–water partition coefficient (Wildman–Crippen LogP) is 3.29. The summed E-state index contributed by atoms with van der Waals surface area (Å²) in [5.41, 5.74) is 0.839. The van der Waals surface area contributed by atoms with E-state index in [2.05, 4.69) is 19.2 Å². The van der Waals surface area contributed by atoms with Crippen LogP contribution >= 0.6 is 0 Å². The van der Waals surface area contributed by atoms with Gasteiger partial charge < -0.3 is 10.1 Å². The number of nitrogens with one attached hydrogen (secondary N) is 1. The third-order valence-corrected chi connectivity index (χ3v) is 2.71. The molecule has 1 aromatic rings. The molecular formula is C14H22FNO. The zero-order chi connectivity index (χ0) is 12.7. The molecule has 0 aliphatic heterocycles.